The average molecular weight is 240 g/mol. The van der Waals surface area contributed by atoms with E-state index in [1.54, 1.807) is 0 Å². The highest BCUT2D eigenvalue weighted by atomic mass is 16.5. The molecule has 17 heavy (non-hydrogen) atoms. The largest absolute Gasteiger partial charge is 0.465 e. The Hall–Kier alpha value is -0.610. The Bertz CT molecular complexity index is 279. The van der Waals surface area contributed by atoms with Gasteiger partial charge in [-0.1, -0.05) is 0 Å². The molecule has 0 bridgehead atoms. The molecule has 0 aromatic heterocycles. The molecule has 0 spiro atoms. The van der Waals surface area contributed by atoms with Crippen LogP contribution in [0.3, 0.4) is 0 Å². The lowest BCUT2D eigenvalue weighted by molar-refractivity contribution is -0.153. The first kappa shape index (κ1) is 12.8. The third-order valence-corrected chi connectivity index (χ3v) is 3.78. The number of piperidine rings is 1. The van der Waals surface area contributed by atoms with Crippen LogP contribution in [0.1, 0.15) is 32.6 Å². The Balaban J connectivity index is 1.99. The summed E-state index contributed by atoms with van der Waals surface area (Å²) in [6.07, 6.45) is 4.58. The maximum Gasteiger partial charge on any atom is 0.327 e. The number of esters is 1. The first-order chi connectivity index (χ1) is 8.16. The first-order valence-electron chi connectivity index (χ1n) is 6.77. The summed E-state index contributed by atoms with van der Waals surface area (Å²) in [5, 5.41) is 3.50. The molecule has 0 aromatic rings. The second kappa shape index (κ2) is 5.36. The highest BCUT2D eigenvalue weighted by molar-refractivity contribution is 5.81. The summed E-state index contributed by atoms with van der Waals surface area (Å²) in [7, 11) is 2.08. The van der Waals surface area contributed by atoms with E-state index in [1.807, 2.05) is 6.92 Å². The van der Waals surface area contributed by atoms with Crippen molar-refractivity contribution in [3.05, 3.63) is 0 Å². The van der Waals surface area contributed by atoms with Gasteiger partial charge in [0.1, 0.15) is 5.54 Å². The van der Waals surface area contributed by atoms with Gasteiger partial charge in [0.2, 0.25) is 0 Å². The number of carbonyl (C=O) groups excluding carboxylic acids is 1. The third kappa shape index (κ3) is 3.19. The minimum Gasteiger partial charge on any atom is -0.465 e. The summed E-state index contributed by atoms with van der Waals surface area (Å²) in [4.78, 5) is 14.4. The summed E-state index contributed by atoms with van der Waals surface area (Å²) < 4.78 is 5.26. The number of carbonyl (C=O) groups is 1. The molecular weight excluding hydrogens is 216 g/mol. The van der Waals surface area contributed by atoms with Crippen molar-refractivity contribution in [3.8, 4) is 0 Å². The Morgan fingerprint density at radius 2 is 2.29 bits per heavy atom. The number of rotatable bonds is 5. The normalized spacial score (nSPS) is 30.2. The molecule has 4 heteroatoms. The van der Waals surface area contributed by atoms with E-state index in [9.17, 15) is 4.79 Å². The van der Waals surface area contributed by atoms with Crippen molar-refractivity contribution in [3.63, 3.8) is 0 Å². The predicted octanol–water partition coefficient (Wildman–Crippen LogP) is 1.01. The number of hydrogen-bond acceptors (Lipinski definition) is 4. The van der Waals surface area contributed by atoms with Crippen LogP contribution >= 0.6 is 0 Å². The van der Waals surface area contributed by atoms with Gasteiger partial charge >= 0.3 is 5.97 Å². The van der Waals surface area contributed by atoms with E-state index in [0.29, 0.717) is 6.61 Å². The van der Waals surface area contributed by atoms with Crippen molar-refractivity contribution in [1.82, 2.24) is 10.2 Å². The van der Waals surface area contributed by atoms with Gasteiger partial charge in [-0.3, -0.25) is 0 Å². The fourth-order valence-electron chi connectivity index (χ4n) is 2.58. The van der Waals surface area contributed by atoms with Crippen molar-refractivity contribution in [1.29, 1.82) is 0 Å². The van der Waals surface area contributed by atoms with Gasteiger partial charge in [-0.2, -0.15) is 0 Å². The van der Waals surface area contributed by atoms with Crippen LogP contribution in [0.4, 0.5) is 0 Å². The van der Waals surface area contributed by atoms with Gasteiger partial charge in [-0.15, -0.1) is 0 Å². The van der Waals surface area contributed by atoms with Gasteiger partial charge in [0.05, 0.1) is 6.61 Å². The average Bonchev–Trinajstić information content (AvgIpc) is 3.10. The van der Waals surface area contributed by atoms with Gasteiger partial charge in [-0.25, -0.2) is 4.79 Å². The van der Waals surface area contributed by atoms with Crippen LogP contribution in [0.2, 0.25) is 0 Å². The molecule has 4 nitrogen and oxygen atoms in total. The number of hydrogen-bond donors (Lipinski definition) is 1. The SMILES string of the molecule is CCOC(=O)C1(NCC2CC2)CCCN(C)C1. The molecule has 1 unspecified atom stereocenters. The van der Waals surface area contributed by atoms with Crippen molar-refractivity contribution in [2.75, 3.05) is 33.3 Å². The molecule has 1 aliphatic heterocycles. The van der Waals surface area contributed by atoms with Gasteiger partial charge < -0.3 is 15.0 Å². The topological polar surface area (TPSA) is 41.6 Å². The smallest absolute Gasteiger partial charge is 0.327 e. The van der Waals surface area contributed by atoms with E-state index in [0.717, 1.165) is 38.4 Å². The zero-order valence-electron chi connectivity index (χ0n) is 11.0. The molecule has 2 fully saturated rings. The standard InChI is InChI=1S/C13H24N2O2/c1-3-17-12(16)13(14-9-11-5-6-11)7-4-8-15(2)10-13/h11,14H,3-10H2,1-2H3. The molecule has 0 aromatic carbocycles. The number of nitrogens with one attached hydrogen (secondary N) is 1. The van der Waals surface area contributed by atoms with E-state index in [1.165, 1.54) is 12.8 Å². The Morgan fingerprint density at radius 1 is 1.53 bits per heavy atom. The fraction of sp³-hybridized carbons (Fsp3) is 0.923. The zero-order valence-corrected chi connectivity index (χ0v) is 11.0. The number of ether oxygens (including phenoxy) is 1. The fourth-order valence-corrected chi connectivity index (χ4v) is 2.58. The Morgan fingerprint density at radius 3 is 2.88 bits per heavy atom. The van der Waals surface area contributed by atoms with E-state index < -0.39 is 5.54 Å². The number of nitrogens with zero attached hydrogens (tertiary/aromatic N) is 1. The summed E-state index contributed by atoms with van der Waals surface area (Å²) in [6.45, 7) is 5.16. The monoisotopic (exact) mass is 240 g/mol. The number of likely N-dealkylation sites (tertiary alicyclic amines) is 1. The minimum atomic E-state index is -0.453. The quantitative estimate of drug-likeness (QED) is 0.728. The third-order valence-electron chi connectivity index (χ3n) is 3.78. The van der Waals surface area contributed by atoms with E-state index >= 15 is 0 Å². The zero-order chi connectivity index (χ0) is 12.3. The second-order valence-corrected chi connectivity index (χ2v) is 5.47. The molecule has 1 atom stereocenters. The molecule has 0 amide bonds. The van der Waals surface area contributed by atoms with Crippen LogP contribution in [0.15, 0.2) is 0 Å². The predicted molar refractivity (Wildman–Crippen MR) is 66.8 cm³/mol. The van der Waals surface area contributed by atoms with Gasteiger partial charge in [0, 0.05) is 6.54 Å². The highest BCUT2D eigenvalue weighted by Gasteiger charge is 2.43. The molecular formula is C13H24N2O2. The van der Waals surface area contributed by atoms with E-state index in [4.69, 9.17) is 4.74 Å². The van der Waals surface area contributed by atoms with Gasteiger partial charge in [0.25, 0.3) is 0 Å². The van der Waals surface area contributed by atoms with Gasteiger partial charge in [0.15, 0.2) is 0 Å². The Labute approximate surface area is 104 Å². The summed E-state index contributed by atoms with van der Waals surface area (Å²) in [5.41, 5.74) is -0.453. The summed E-state index contributed by atoms with van der Waals surface area (Å²) in [5.74, 6) is 0.723. The first-order valence-corrected chi connectivity index (χ1v) is 6.77. The van der Waals surface area contributed by atoms with Crippen LogP contribution in [-0.2, 0) is 9.53 Å². The molecule has 1 N–H and O–H groups in total. The van der Waals surface area contributed by atoms with Crippen LogP contribution in [0.25, 0.3) is 0 Å². The molecule has 98 valence electrons. The summed E-state index contributed by atoms with van der Waals surface area (Å²) >= 11 is 0. The van der Waals surface area contributed by atoms with Crippen molar-refractivity contribution in [2.45, 2.75) is 38.1 Å². The molecule has 2 rings (SSSR count). The lowest BCUT2D eigenvalue weighted by atomic mass is 9.89. The molecule has 2 aliphatic rings. The van der Waals surface area contributed by atoms with E-state index in [-0.39, 0.29) is 5.97 Å². The van der Waals surface area contributed by atoms with E-state index in [2.05, 4.69) is 17.3 Å². The van der Waals surface area contributed by atoms with Crippen LogP contribution in [0.5, 0.6) is 0 Å². The molecule has 0 radical (unpaired) electrons. The Kier molecular flexibility index (Phi) is 4.05. The van der Waals surface area contributed by atoms with Gasteiger partial charge in [-0.05, 0) is 58.7 Å². The van der Waals surface area contributed by atoms with Crippen LogP contribution in [0, 0.1) is 5.92 Å². The maximum absolute atomic E-state index is 12.2. The minimum absolute atomic E-state index is 0.0628. The highest BCUT2D eigenvalue weighted by Crippen LogP contribution is 2.30. The summed E-state index contributed by atoms with van der Waals surface area (Å²) in [6, 6.07) is 0. The molecule has 1 saturated heterocycles. The molecule has 1 heterocycles. The number of likely N-dealkylation sites (N-methyl/N-ethyl adjacent to an activating group) is 1. The lowest BCUT2D eigenvalue weighted by Crippen LogP contribution is -2.62. The van der Waals surface area contributed by atoms with Crippen LogP contribution < -0.4 is 5.32 Å². The van der Waals surface area contributed by atoms with Crippen molar-refractivity contribution < 1.29 is 9.53 Å². The second-order valence-electron chi connectivity index (χ2n) is 5.47. The lowest BCUT2D eigenvalue weighted by Gasteiger charge is -2.40. The molecule has 1 aliphatic carbocycles. The van der Waals surface area contributed by atoms with Crippen molar-refractivity contribution in [2.24, 2.45) is 5.92 Å². The van der Waals surface area contributed by atoms with Crippen LogP contribution in [-0.4, -0.2) is 49.7 Å². The van der Waals surface area contributed by atoms with Crippen molar-refractivity contribution >= 4 is 5.97 Å². The molecule has 1 saturated carbocycles. The maximum atomic E-state index is 12.2.